The third-order valence-electron chi connectivity index (χ3n) is 4.66. The molecular formula is C22H22Cl2N4O2S. The van der Waals surface area contributed by atoms with Gasteiger partial charge in [-0.05, 0) is 36.6 Å². The predicted molar refractivity (Wildman–Crippen MR) is 129 cm³/mol. The highest BCUT2D eigenvalue weighted by Crippen LogP contribution is 2.35. The molecule has 9 heteroatoms. The molecule has 162 valence electrons. The van der Waals surface area contributed by atoms with E-state index in [-0.39, 0.29) is 28.2 Å². The number of benzene rings is 2. The Labute approximate surface area is 195 Å². The number of anilines is 1. The van der Waals surface area contributed by atoms with Gasteiger partial charge < -0.3 is 5.73 Å². The van der Waals surface area contributed by atoms with Crippen molar-refractivity contribution in [2.45, 2.75) is 37.9 Å². The van der Waals surface area contributed by atoms with Gasteiger partial charge in [0, 0.05) is 11.4 Å². The van der Waals surface area contributed by atoms with Crippen molar-refractivity contribution < 1.29 is 9.59 Å². The van der Waals surface area contributed by atoms with Crippen LogP contribution in [0, 0.1) is 0 Å². The number of halogens is 2. The van der Waals surface area contributed by atoms with Gasteiger partial charge in [0.05, 0.1) is 16.4 Å². The first-order chi connectivity index (χ1) is 14.9. The first-order valence-electron chi connectivity index (χ1n) is 9.84. The molecule has 1 atom stereocenters. The Balaban J connectivity index is 1.76. The SMILES string of the molecule is CCCC/C(=N\N=C(/N)SC1CC(=O)N(c2cc(Cl)ccc2Cl)C1=O)c1ccccc1. The second kappa shape index (κ2) is 10.8. The van der Waals surface area contributed by atoms with Crippen molar-refractivity contribution in [2.75, 3.05) is 4.90 Å². The number of nitrogens with zero attached hydrogens (tertiary/aromatic N) is 3. The number of imide groups is 1. The molecular weight excluding hydrogens is 455 g/mol. The lowest BCUT2D eigenvalue weighted by Crippen LogP contribution is -2.32. The lowest BCUT2D eigenvalue weighted by Gasteiger charge is -2.16. The number of thioether (sulfide) groups is 1. The van der Waals surface area contributed by atoms with Gasteiger partial charge in [-0.15, -0.1) is 5.10 Å². The molecule has 2 amide bonds. The molecule has 3 rings (SSSR count). The standard InChI is InChI=1S/C22H22Cl2N4O2S/c1-2-3-9-17(14-7-5-4-6-8-14)26-27-22(25)31-19-13-20(29)28(21(19)30)18-12-15(23)10-11-16(18)24/h4-8,10-12,19H,2-3,9,13H2,1H3,(H2,25,27)/b26-17+. The quantitative estimate of drug-likeness (QED) is 0.255. The van der Waals surface area contributed by atoms with Crippen molar-refractivity contribution in [1.29, 1.82) is 0 Å². The molecule has 0 bridgehead atoms. The number of hydrogen-bond donors (Lipinski definition) is 1. The summed E-state index contributed by atoms with van der Waals surface area (Å²) in [7, 11) is 0. The van der Waals surface area contributed by atoms with Crippen molar-refractivity contribution in [2.24, 2.45) is 15.9 Å². The minimum absolute atomic E-state index is 0.00630. The van der Waals surface area contributed by atoms with E-state index in [0.29, 0.717) is 5.02 Å². The molecule has 0 spiro atoms. The van der Waals surface area contributed by atoms with Crippen molar-refractivity contribution >= 4 is 63.3 Å². The van der Waals surface area contributed by atoms with E-state index in [0.717, 1.165) is 47.2 Å². The van der Waals surface area contributed by atoms with Crippen LogP contribution in [0.1, 0.15) is 38.2 Å². The van der Waals surface area contributed by atoms with E-state index in [1.807, 2.05) is 30.3 Å². The lowest BCUT2D eigenvalue weighted by molar-refractivity contribution is -0.121. The highest BCUT2D eigenvalue weighted by Gasteiger charge is 2.41. The van der Waals surface area contributed by atoms with Crippen molar-refractivity contribution in [3.05, 3.63) is 64.1 Å². The summed E-state index contributed by atoms with van der Waals surface area (Å²) in [6.07, 6.45) is 2.76. The van der Waals surface area contributed by atoms with Crippen LogP contribution in [0.2, 0.25) is 10.0 Å². The Hall–Kier alpha value is -2.35. The van der Waals surface area contributed by atoms with Crippen LogP contribution in [0.25, 0.3) is 0 Å². The van der Waals surface area contributed by atoms with Crippen LogP contribution in [0.15, 0.2) is 58.7 Å². The Kier molecular flexibility index (Phi) is 8.12. The summed E-state index contributed by atoms with van der Waals surface area (Å²) >= 11 is 13.2. The number of unbranched alkanes of at least 4 members (excludes halogenated alkanes) is 1. The molecule has 0 saturated carbocycles. The smallest absolute Gasteiger partial charge is 0.247 e. The van der Waals surface area contributed by atoms with Crippen molar-refractivity contribution in [3.63, 3.8) is 0 Å². The molecule has 1 aliphatic rings. The summed E-state index contributed by atoms with van der Waals surface area (Å²) in [5, 5.41) is 8.53. The van der Waals surface area contributed by atoms with Gasteiger partial charge in [-0.25, -0.2) is 4.90 Å². The van der Waals surface area contributed by atoms with E-state index in [9.17, 15) is 9.59 Å². The van der Waals surface area contributed by atoms with Crippen LogP contribution in [0.5, 0.6) is 0 Å². The number of amidine groups is 1. The summed E-state index contributed by atoms with van der Waals surface area (Å²) in [6, 6.07) is 14.4. The Morgan fingerprint density at radius 2 is 1.90 bits per heavy atom. The second-order valence-corrected chi connectivity index (χ2v) is 8.99. The molecule has 0 aromatic heterocycles. The number of rotatable bonds is 7. The Bertz CT molecular complexity index is 1030. The molecule has 2 aromatic carbocycles. The topological polar surface area (TPSA) is 88.1 Å². The predicted octanol–water partition coefficient (Wildman–Crippen LogP) is 5.27. The van der Waals surface area contributed by atoms with Gasteiger partial charge in [0.25, 0.3) is 0 Å². The van der Waals surface area contributed by atoms with Gasteiger partial charge in [-0.3, -0.25) is 9.59 Å². The van der Waals surface area contributed by atoms with Gasteiger partial charge in [0.1, 0.15) is 5.25 Å². The lowest BCUT2D eigenvalue weighted by atomic mass is 10.1. The van der Waals surface area contributed by atoms with Crippen molar-refractivity contribution in [1.82, 2.24) is 0 Å². The van der Waals surface area contributed by atoms with Gasteiger partial charge in [-0.2, -0.15) is 5.10 Å². The minimum atomic E-state index is -0.697. The third-order valence-corrected chi connectivity index (χ3v) is 6.19. The first kappa shape index (κ1) is 23.3. The van der Waals surface area contributed by atoms with Crippen LogP contribution < -0.4 is 10.6 Å². The Morgan fingerprint density at radius 1 is 1.16 bits per heavy atom. The molecule has 0 radical (unpaired) electrons. The van der Waals surface area contributed by atoms with Crippen LogP contribution in [-0.4, -0.2) is 27.9 Å². The number of hydrogen-bond acceptors (Lipinski definition) is 5. The van der Waals surface area contributed by atoms with Gasteiger partial charge in [0.15, 0.2) is 5.17 Å². The molecule has 0 aliphatic carbocycles. The highest BCUT2D eigenvalue weighted by molar-refractivity contribution is 8.14. The summed E-state index contributed by atoms with van der Waals surface area (Å²) in [4.78, 5) is 26.4. The highest BCUT2D eigenvalue weighted by atomic mass is 35.5. The maximum atomic E-state index is 12.9. The fourth-order valence-electron chi connectivity index (χ4n) is 3.11. The van der Waals surface area contributed by atoms with Crippen molar-refractivity contribution in [3.8, 4) is 0 Å². The zero-order chi connectivity index (χ0) is 22.4. The van der Waals surface area contributed by atoms with E-state index in [1.165, 1.54) is 6.07 Å². The molecule has 1 unspecified atom stereocenters. The average molecular weight is 477 g/mol. The van der Waals surface area contributed by atoms with Crippen LogP contribution in [0.3, 0.4) is 0 Å². The van der Waals surface area contributed by atoms with E-state index >= 15 is 0 Å². The molecule has 6 nitrogen and oxygen atoms in total. The van der Waals surface area contributed by atoms with E-state index in [2.05, 4.69) is 17.1 Å². The number of amides is 2. The summed E-state index contributed by atoms with van der Waals surface area (Å²) in [5.41, 5.74) is 8.11. The average Bonchev–Trinajstić information content (AvgIpc) is 3.03. The van der Waals surface area contributed by atoms with E-state index < -0.39 is 11.2 Å². The molecule has 1 heterocycles. The first-order valence-corrected chi connectivity index (χ1v) is 11.5. The molecule has 1 saturated heterocycles. The third kappa shape index (κ3) is 5.87. The summed E-state index contributed by atoms with van der Waals surface area (Å²) in [6.45, 7) is 2.11. The Morgan fingerprint density at radius 3 is 2.61 bits per heavy atom. The van der Waals surface area contributed by atoms with E-state index in [4.69, 9.17) is 28.9 Å². The fourth-order valence-corrected chi connectivity index (χ4v) is 4.29. The van der Waals surface area contributed by atoms with Gasteiger partial charge >= 0.3 is 0 Å². The number of carbonyl (C=O) groups is 2. The normalized spacial score (nSPS) is 17.5. The maximum absolute atomic E-state index is 12.9. The maximum Gasteiger partial charge on any atom is 0.247 e. The molecule has 1 fully saturated rings. The second-order valence-electron chi connectivity index (χ2n) is 6.93. The summed E-state index contributed by atoms with van der Waals surface area (Å²) in [5.74, 6) is -0.772. The summed E-state index contributed by atoms with van der Waals surface area (Å²) < 4.78 is 0. The molecule has 31 heavy (non-hydrogen) atoms. The van der Waals surface area contributed by atoms with Crippen LogP contribution in [-0.2, 0) is 9.59 Å². The number of carbonyl (C=O) groups excluding carboxylic acids is 2. The molecule has 2 aromatic rings. The molecule has 1 aliphatic heterocycles. The fraction of sp³-hybridized carbons (Fsp3) is 0.273. The van der Waals surface area contributed by atoms with Crippen LogP contribution >= 0.6 is 35.0 Å². The van der Waals surface area contributed by atoms with Gasteiger partial charge in [0.2, 0.25) is 11.8 Å². The zero-order valence-electron chi connectivity index (χ0n) is 16.9. The molecule has 2 N–H and O–H groups in total. The van der Waals surface area contributed by atoms with E-state index in [1.54, 1.807) is 12.1 Å². The minimum Gasteiger partial charge on any atom is -0.377 e. The number of nitrogens with two attached hydrogens (primary N) is 1. The van der Waals surface area contributed by atoms with Crippen LogP contribution in [0.4, 0.5) is 5.69 Å². The zero-order valence-corrected chi connectivity index (χ0v) is 19.3. The van der Waals surface area contributed by atoms with Gasteiger partial charge in [-0.1, -0.05) is 78.6 Å². The monoisotopic (exact) mass is 476 g/mol. The largest absolute Gasteiger partial charge is 0.377 e.